The summed E-state index contributed by atoms with van der Waals surface area (Å²) < 4.78 is 0. The molecular weight excluding hydrogens is 358 g/mol. The number of likely N-dealkylation sites (N-methyl/N-ethyl adjacent to an activating group) is 1. The van der Waals surface area contributed by atoms with Gasteiger partial charge >= 0.3 is 0 Å². The topological polar surface area (TPSA) is 44.3 Å². The zero-order valence-electron chi connectivity index (χ0n) is 17.5. The number of aromatic nitrogens is 2. The van der Waals surface area contributed by atoms with Crippen LogP contribution in [0.2, 0.25) is 0 Å². The van der Waals surface area contributed by atoms with E-state index in [0.29, 0.717) is 5.92 Å². The summed E-state index contributed by atoms with van der Waals surface area (Å²) in [5.74, 6) is 2.14. The van der Waals surface area contributed by atoms with E-state index < -0.39 is 0 Å². The van der Waals surface area contributed by atoms with Gasteiger partial charge in [-0.2, -0.15) is 4.98 Å². The van der Waals surface area contributed by atoms with Crippen molar-refractivity contribution < 1.29 is 0 Å². The molecular formula is C24H29N5. The summed E-state index contributed by atoms with van der Waals surface area (Å²) in [6.07, 6.45) is 0. The predicted molar refractivity (Wildman–Crippen MR) is 121 cm³/mol. The molecule has 4 rings (SSSR count). The van der Waals surface area contributed by atoms with E-state index in [0.717, 1.165) is 54.9 Å². The molecule has 5 nitrogen and oxygen atoms in total. The first kappa shape index (κ1) is 19.4. The molecule has 0 saturated carbocycles. The van der Waals surface area contributed by atoms with E-state index >= 15 is 0 Å². The van der Waals surface area contributed by atoms with Gasteiger partial charge in [0.15, 0.2) is 0 Å². The van der Waals surface area contributed by atoms with Crippen molar-refractivity contribution in [2.45, 2.75) is 19.8 Å². The van der Waals surface area contributed by atoms with Gasteiger partial charge in [-0.15, -0.1) is 0 Å². The summed E-state index contributed by atoms with van der Waals surface area (Å²) >= 11 is 0. The number of nitrogens with one attached hydrogen (secondary N) is 1. The largest absolute Gasteiger partial charge is 0.340 e. The molecule has 0 aliphatic carbocycles. The average molecular weight is 388 g/mol. The monoisotopic (exact) mass is 387 g/mol. The van der Waals surface area contributed by atoms with E-state index in [-0.39, 0.29) is 0 Å². The van der Waals surface area contributed by atoms with E-state index in [1.807, 2.05) is 24.3 Å². The number of hydrogen-bond donors (Lipinski definition) is 1. The molecule has 0 radical (unpaired) electrons. The Morgan fingerprint density at radius 1 is 0.862 bits per heavy atom. The zero-order valence-corrected chi connectivity index (χ0v) is 17.5. The molecule has 1 aliphatic rings. The molecule has 1 saturated heterocycles. The Hall–Kier alpha value is -2.92. The fourth-order valence-corrected chi connectivity index (χ4v) is 3.50. The summed E-state index contributed by atoms with van der Waals surface area (Å²) in [6, 6.07) is 20.9. The third-order valence-corrected chi connectivity index (χ3v) is 5.42. The summed E-state index contributed by atoms with van der Waals surface area (Å²) in [5.41, 5.74) is 4.41. The molecule has 0 spiro atoms. The van der Waals surface area contributed by atoms with Crippen LogP contribution >= 0.6 is 0 Å². The maximum atomic E-state index is 4.89. The van der Waals surface area contributed by atoms with E-state index in [1.54, 1.807) is 0 Å². The Kier molecular flexibility index (Phi) is 5.76. The highest BCUT2D eigenvalue weighted by molar-refractivity contribution is 5.67. The van der Waals surface area contributed by atoms with Crippen molar-refractivity contribution in [1.82, 2.24) is 14.9 Å². The van der Waals surface area contributed by atoms with Crippen LogP contribution in [0.3, 0.4) is 0 Å². The molecule has 1 aromatic heterocycles. The van der Waals surface area contributed by atoms with Crippen molar-refractivity contribution in [1.29, 1.82) is 0 Å². The lowest BCUT2D eigenvalue weighted by molar-refractivity contribution is 0.311. The lowest BCUT2D eigenvalue weighted by Gasteiger charge is -2.32. The molecule has 2 aromatic carbocycles. The second kappa shape index (κ2) is 8.62. The van der Waals surface area contributed by atoms with Crippen molar-refractivity contribution in [2.75, 3.05) is 43.4 Å². The second-order valence-electron chi connectivity index (χ2n) is 8.00. The van der Waals surface area contributed by atoms with Crippen LogP contribution < -0.4 is 10.2 Å². The smallest absolute Gasteiger partial charge is 0.227 e. The number of anilines is 3. The van der Waals surface area contributed by atoms with E-state index in [1.165, 1.54) is 5.56 Å². The van der Waals surface area contributed by atoms with Gasteiger partial charge in [0.05, 0.1) is 5.69 Å². The predicted octanol–water partition coefficient (Wildman–Crippen LogP) is 4.76. The van der Waals surface area contributed by atoms with Crippen LogP contribution in [0, 0.1) is 0 Å². The third-order valence-electron chi connectivity index (χ3n) is 5.42. The van der Waals surface area contributed by atoms with E-state index in [9.17, 15) is 0 Å². The van der Waals surface area contributed by atoms with Gasteiger partial charge in [0.25, 0.3) is 0 Å². The molecule has 150 valence electrons. The molecule has 1 N–H and O–H groups in total. The van der Waals surface area contributed by atoms with Crippen LogP contribution in [0.15, 0.2) is 60.7 Å². The van der Waals surface area contributed by atoms with Gasteiger partial charge in [0, 0.05) is 43.5 Å². The van der Waals surface area contributed by atoms with Crippen LogP contribution in [0.5, 0.6) is 0 Å². The average Bonchev–Trinajstić information content (AvgIpc) is 2.75. The molecule has 0 atom stereocenters. The first-order chi connectivity index (χ1) is 14.1. The van der Waals surface area contributed by atoms with Gasteiger partial charge in [-0.05, 0) is 30.7 Å². The molecule has 0 unspecified atom stereocenters. The van der Waals surface area contributed by atoms with E-state index in [4.69, 9.17) is 9.97 Å². The number of hydrogen-bond acceptors (Lipinski definition) is 5. The molecule has 5 heteroatoms. The molecule has 29 heavy (non-hydrogen) atoms. The van der Waals surface area contributed by atoms with Crippen molar-refractivity contribution >= 4 is 17.5 Å². The number of rotatable bonds is 5. The summed E-state index contributed by atoms with van der Waals surface area (Å²) in [4.78, 5) is 14.4. The number of nitrogens with zero attached hydrogens (tertiary/aromatic N) is 4. The van der Waals surface area contributed by atoms with Gasteiger partial charge in [0.2, 0.25) is 5.95 Å². The van der Waals surface area contributed by atoms with Gasteiger partial charge in [-0.1, -0.05) is 56.3 Å². The first-order valence-corrected chi connectivity index (χ1v) is 10.3. The molecule has 2 heterocycles. The maximum Gasteiger partial charge on any atom is 0.227 e. The third kappa shape index (κ3) is 4.74. The quantitative estimate of drug-likeness (QED) is 0.684. The Bertz CT molecular complexity index is 929. The van der Waals surface area contributed by atoms with Crippen molar-refractivity contribution in [3.8, 4) is 11.3 Å². The fraction of sp³-hybridized carbons (Fsp3) is 0.333. The maximum absolute atomic E-state index is 4.89. The minimum atomic E-state index is 0.525. The summed E-state index contributed by atoms with van der Waals surface area (Å²) in [7, 11) is 2.16. The molecule has 0 amide bonds. The Morgan fingerprint density at radius 2 is 1.55 bits per heavy atom. The van der Waals surface area contributed by atoms with Crippen LogP contribution in [0.1, 0.15) is 25.3 Å². The zero-order chi connectivity index (χ0) is 20.2. The van der Waals surface area contributed by atoms with Gasteiger partial charge in [-0.3, -0.25) is 0 Å². The number of piperazine rings is 1. The van der Waals surface area contributed by atoms with Crippen LogP contribution in [0.25, 0.3) is 11.3 Å². The van der Waals surface area contributed by atoms with Crippen LogP contribution in [-0.4, -0.2) is 48.1 Å². The first-order valence-electron chi connectivity index (χ1n) is 10.3. The minimum Gasteiger partial charge on any atom is -0.340 e. The number of benzene rings is 2. The van der Waals surface area contributed by atoms with Crippen molar-refractivity contribution in [2.24, 2.45) is 0 Å². The van der Waals surface area contributed by atoms with Crippen molar-refractivity contribution in [3.63, 3.8) is 0 Å². The highest BCUT2D eigenvalue weighted by Crippen LogP contribution is 2.26. The van der Waals surface area contributed by atoms with Crippen LogP contribution in [0.4, 0.5) is 17.5 Å². The SMILES string of the molecule is CC(C)c1ccc(Nc2cc(-c3ccccc3)nc(N3CCN(C)CC3)n2)cc1. The Balaban J connectivity index is 1.65. The molecule has 0 bridgehead atoms. The highest BCUT2D eigenvalue weighted by Gasteiger charge is 2.18. The molecule has 1 aliphatic heterocycles. The lowest BCUT2D eigenvalue weighted by Crippen LogP contribution is -2.45. The van der Waals surface area contributed by atoms with E-state index in [2.05, 4.69) is 72.4 Å². The van der Waals surface area contributed by atoms with Gasteiger partial charge < -0.3 is 15.1 Å². The minimum absolute atomic E-state index is 0.525. The standard InChI is InChI=1S/C24H29N5/c1-18(2)19-9-11-21(12-10-19)25-23-17-22(20-7-5-4-6-8-20)26-24(27-23)29-15-13-28(3)14-16-29/h4-12,17-18H,13-16H2,1-3H3,(H,25,26,27). The highest BCUT2D eigenvalue weighted by atomic mass is 15.3. The Labute approximate surface area is 173 Å². The van der Waals surface area contributed by atoms with Gasteiger partial charge in [-0.25, -0.2) is 4.98 Å². The Morgan fingerprint density at radius 3 is 2.21 bits per heavy atom. The fourth-order valence-electron chi connectivity index (χ4n) is 3.50. The second-order valence-corrected chi connectivity index (χ2v) is 8.00. The molecule has 1 fully saturated rings. The van der Waals surface area contributed by atoms with Crippen LogP contribution in [-0.2, 0) is 0 Å². The van der Waals surface area contributed by atoms with Crippen molar-refractivity contribution in [3.05, 3.63) is 66.2 Å². The lowest BCUT2D eigenvalue weighted by atomic mass is 10.0. The summed E-state index contributed by atoms with van der Waals surface area (Å²) in [6.45, 7) is 8.36. The normalized spacial score (nSPS) is 15.0. The molecule has 3 aromatic rings. The summed E-state index contributed by atoms with van der Waals surface area (Å²) in [5, 5.41) is 3.48. The van der Waals surface area contributed by atoms with Gasteiger partial charge in [0.1, 0.15) is 5.82 Å².